The minimum Gasteiger partial charge on any atom is -0.326 e. The highest BCUT2D eigenvalue weighted by Crippen LogP contribution is 2.34. The highest BCUT2D eigenvalue weighted by atomic mass is 32.1. The molecule has 0 radical (unpaired) electrons. The van der Waals surface area contributed by atoms with Gasteiger partial charge in [-0.25, -0.2) is 15.0 Å². The van der Waals surface area contributed by atoms with Gasteiger partial charge in [0, 0.05) is 42.4 Å². The summed E-state index contributed by atoms with van der Waals surface area (Å²) >= 11 is 1.59. The molecule has 0 fully saturated rings. The number of rotatable bonds is 8. The van der Waals surface area contributed by atoms with E-state index in [0.29, 0.717) is 12.4 Å². The number of benzene rings is 2. The molecule has 0 unspecified atom stereocenters. The maximum atomic E-state index is 12.7. The molecule has 6 aromatic rings. The summed E-state index contributed by atoms with van der Waals surface area (Å²) in [5.41, 5.74) is 9.46. The minimum atomic E-state index is -0.0544. The number of carbonyl (C=O) groups excluding carboxylic acids is 1. The Kier molecular flexibility index (Phi) is 6.95. The van der Waals surface area contributed by atoms with Crippen molar-refractivity contribution >= 4 is 40.2 Å². The Morgan fingerprint density at radius 3 is 2.76 bits per heavy atom. The van der Waals surface area contributed by atoms with E-state index in [9.17, 15) is 4.79 Å². The zero-order valence-corrected chi connectivity index (χ0v) is 23.9. The van der Waals surface area contributed by atoms with Crippen molar-refractivity contribution in [2.45, 2.75) is 26.4 Å². The zero-order chi connectivity index (χ0) is 28.5. The molecule has 0 saturated heterocycles. The third-order valence-electron chi connectivity index (χ3n) is 7.49. The van der Waals surface area contributed by atoms with Crippen LogP contribution in [0.3, 0.4) is 0 Å². The van der Waals surface area contributed by atoms with Gasteiger partial charge in [0.1, 0.15) is 5.65 Å². The van der Waals surface area contributed by atoms with Crippen LogP contribution in [0.4, 0.5) is 17.3 Å². The first kappa shape index (κ1) is 26.1. The van der Waals surface area contributed by atoms with Crippen LogP contribution in [0.25, 0.3) is 28.3 Å². The summed E-state index contributed by atoms with van der Waals surface area (Å²) in [6, 6.07) is 24.1. The molecule has 0 spiro atoms. The fraction of sp³-hybridized carbons (Fsp3) is 0.152. The molecule has 4 aromatic heterocycles. The molecule has 0 atom stereocenters. The number of carbonyl (C=O) groups is 1. The highest BCUT2D eigenvalue weighted by molar-refractivity contribution is 7.08. The Bertz CT molecular complexity index is 1900. The summed E-state index contributed by atoms with van der Waals surface area (Å²) in [6.07, 6.45) is 4.10. The lowest BCUT2D eigenvalue weighted by Crippen LogP contribution is -2.14. The smallest absolute Gasteiger partial charge is 0.228 e. The standard InChI is InChI=1S/C33H29N7OS/c1-2-39-19-24-9-10-27(18-25(24)20-39)36-33-34-13-11-28(37-33)32-31(38-29-8-3-4-14-40(29)32)23-6-5-7-26(17-23)35-30(41)16-22-12-15-42-21-22/h3-15,17-18,21H,2,16,19-20H2,1H3,(H,35,41)(H,34,36,37). The van der Waals surface area contributed by atoms with Crippen molar-refractivity contribution in [2.24, 2.45) is 0 Å². The Balaban J connectivity index is 1.21. The van der Waals surface area contributed by atoms with Crippen molar-refractivity contribution in [3.8, 4) is 22.6 Å². The number of hydrogen-bond donors (Lipinski definition) is 2. The van der Waals surface area contributed by atoms with Crippen molar-refractivity contribution in [3.63, 3.8) is 0 Å². The monoisotopic (exact) mass is 571 g/mol. The molecule has 208 valence electrons. The van der Waals surface area contributed by atoms with Gasteiger partial charge in [-0.1, -0.05) is 31.2 Å². The van der Waals surface area contributed by atoms with E-state index in [1.165, 1.54) is 11.1 Å². The highest BCUT2D eigenvalue weighted by Gasteiger charge is 2.20. The first-order valence-corrected chi connectivity index (χ1v) is 14.9. The predicted molar refractivity (Wildman–Crippen MR) is 168 cm³/mol. The molecule has 0 saturated carbocycles. The number of nitrogens with one attached hydrogen (secondary N) is 2. The fourth-order valence-electron chi connectivity index (χ4n) is 5.42. The Labute approximate surface area is 247 Å². The van der Waals surface area contributed by atoms with Gasteiger partial charge >= 0.3 is 0 Å². The molecule has 2 aromatic carbocycles. The molecule has 5 heterocycles. The average Bonchev–Trinajstić information content (AvgIpc) is 3.75. The first-order chi connectivity index (χ1) is 20.6. The van der Waals surface area contributed by atoms with E-state index in [1.54, 1.807) is 17.5 Å². The maximum Gasteiger partial charge on any atom is 0.228 e. The molecule has 7 rings (SSSR count). The van der Waals surface area contributed by atoms with E-state index >= 15 is 0 Å². The summed E-state index contributed by atoms with van der Waals surface area (Å²) in [4.78, 5) is 29.5. The Morgan fingerprint density at radius 2 is 1.88 bits per heavy atom. The normalized spacial score (nSPS) is 12.9. The maximum absolute atomic E-state index is 12.7. The van der Waals surface area contributed by atoms with Crippen LogP contribution in [0.1, 0.15) is 23.6 Å². The van der Waals surface area contributed by atoms with Crippen LogP contribution < -0.4 is 10.6 Å². The molecule has 8 nitrogen and oxygen atoms in total. The lowest BCUT2D eigenvalue weighted by atomic mass is 10.1. The van der Waals surface area contributed by atoms with E-state index in [1.807, 2.05) is 76.0 Å². The lowest BCUT2D eigenvalue weighted by Gasteiger charge is -2.10. The molecule has 0 bridgehead atoms. The van der Waals surface area contributed by atoms with E-state index in [-0.39, 0.29) is 5.91 Å². The lowest BCUT2D eigenvalue weighted by molar-refractivity contribution is -0.115. The van der Waals surface area contributed by atoms with Crippen LogP contribution in [-0.2, 0) is 24.3 Å². The SMILES string of the molecule is CCN1Cc2ccc(Nc3nccc(-c4c(-c5cccc(NC(=O)Cc6ccsc6)c5)nc5ccccn45)n3)cc2C1. The van der Waals surface area contributed by atoms with Gasteiger partial charge in [-0.2, -0.15) is 11.3 Å². The van der Waals surface area contributed by atoms with E-state index < -0.39 is 0 Å². The van der Waals surface area contributed by atoms with E-state index in [2.05, 4.69) is 45.6 Å². The van der Waals surface area contributed by atoms with Gasteiger partial charge in [-0.3, -0.25) is 14.1 Å². The second-order valence-corrected chi connectivity index (χ2v) is 11.1. The zero-order valence-electron chi connectivity index (χ0n) is 23.1. The van der Waals surface area contributed by atoms with Crippen molar-refractivity contribution in [1.82, 2.24) is 24.3 Å². The summed E-state index contributed by atoms with van der Waals surface area (Å²) in [7, 11) is 0. The van der Waals surface area contributed by atoms with E-state index in [0.717, 1.165) is 64.9 Å². The Morgan fingerprint density at radius 1 is 0.952 bits per heavy atom. The van der Waals surface area contributed by atoms with Crippen LogP contribution in [0.5, 0.6) is 0 Å². The largest absolute Gasteiger partial charge is 0.326 e. The summed E-state index contributed by atoms with van der Waals surface area (Å²) in [5, 5.41) is 10.4. The van der Waals surface area contributed by atoms with Crippen molar-refractivity contribution in [3.05, 3.63) is 113 Å². The van der Waals surface area contributed by atoms with Gasteiger partial charge < -0.3 is 10.6 Å². The summed E-state index contributed by atoms with van der Waals surface area (Å²) in [5.74, 6) is 0.463. The summed E-state index contributed by atoms with van der Waals surface area (Å²) in [6.45, 7) is 5.18. The van der Waals surface area contributed by atoms with Crippen LogP contribution in [-0.4, -0.2) is 36.7 Å². The molecular weight excluding hydrogens is 542 g/mol. The number of pyridine rings is 1. The van der Waals surface area contributed by atoms with Crippen LogP contribution >= 0.6 is 11.3 Å². The van der Waals surface area contributed by atoms with E-state index in [4.69, 9.17) is 9.97 Å². The third kappa shape index (κ3) is 5.27. The number of nitrogens with zero attached hydrogens (tertiary/aromatic N) is 5. The predicted octanol–water partition coefficient (Wildman–Crippen LogP) is 6.78. The number of amides is 1. The number of hydrogen-bond acceptors (Lipinski definition) is 7. The molecule has 1 aliphatic heterocycles. The van der Waals surface area contributed by atoms with Crippen molar-refractivity contribution in [1.29, 1.82) is 0 Å². The second kappa shape index (κ2) is 11.2. The Hall–Kier alpha value is -4.86. The number of imidazole rings is 1. The van der Waals surface area contributed by atoms with Gasteiger partial charge in [0.15, 0.2) is 0 Å². The van der Waals surface area contributed by atoms with Crippen molar-refractivity contribution < 1.29 is 4.79 Å². The molecule has 1 amide bonds. The van der Waals surface area contributed by atoms with Crippen LogP contribution in [0.2, 0.25) is 0 Å². The first-order valence-electron chi connectivity index (χ1n) is 14.0. The van der Waals surface area contributed by atoms with Gasteiger partial charge in [0.05, 0.1) is 23.5 Å². The number of anilines is 3. The molecule has 9 heteroatoms. The molecule has 42 heavy (non-hydrogen) atoms. The quantitative estimate of drug-likeness (QED) is 0.209. The third-order valence-corrected chi connectivity index (χ3v) is 8.22. The number of thiophene rings is 1. The van der Waals surface area contributed by atoms with Gasteiger partial charge in [-0.15, -0.1) is 0 Å². The van der Waals surface area contributed by atoms with Gasteiger partial charge in [-0.05, 0) is 82.5 Å². The number of aromatic nitrogens is 4. The molecule has 1 aliphatic rings. The molecular formula is C33H29N7OS. The van der Waals surface area contributed by atoms with Gasteiger partial charge in [0.2, 0.25) is 11.9 Å². The average molecular weight is 572 g/mol. The van der Waals surface area contributed by atoms with Gasteiger partial charge in [0.25, 0.3) is 0 Å². The molecule has 0 aliphatic carbocycles. The minimum absolute atomic E-state index is 0.0544. The van der Waals surface area contributed by atoms with Crippen LogP contribution in [0.15, 0.2) is 96.0 Å². The fourth-order valence-corrected chi connectivity index (χ4v) is 6.08. The van der Waals surface area contributed by atoms with Crippen LogP contribution in [0, 0.1) is 0 Å². The number of fused-ring (bicyclic) bond motifs is 2. The molecule has 2 N–H and O–H groups in total. The summed E-state index contributed by atoms with van der Waals surface area (Å²) < 4.78 is 2.04. The van der Waals surface area contributed by atoms with Crippen molar-refractivity contribution in [2.75, 3.05) is 17.2 Å². The second-order valence-electron chi connectivity index (χ2n) is 10.4. The topological polar surface area (TPSA) is 87.5 Å².